The molecule has 1 N–H and O–H groups in total. The van der Waals surface area contributed by atoms with Crippen LogP contribution >= 0.6 is 0 Å². The van der Waals surface area contributed by atoms with E-state index in [9.17, 15) is 0 Å². The molecular weight excluding hydrogens is 344 g/mol. The number of hydrogen-bond donors (Lipinski definition) is 1. The zero-order valence-corrected chi connectivity index (χ0v) is 15.2. The lowest BCUT2D eigenvalue weighted by Gasteiger charge is -2.09. The summed E-state index contributed by atoms with van der Waals surface area (Å²) in [5.74, 6) is 0. The van der Waals surface area contributed by atoms with Gasteiger partial charge in [-0.2, -0.15) is 0 Å². The predicted octanol–water partition coefficient (Wildman–Crippen LogP) is 5.74. The number of nitrogens with one attached hydrogen (secondary N) is 1. The van der Waals surface area contributed by atoms with Gasteiger partial charge in [0.1, 0.15) is 6.33 Å². The highest BCUT2D eigenvalue weighted by atomic mass is 15.0. The molecule has 6 aromatic rings. The van der Waals surface area contributed by atoms with E-state index in [-0.39, 0.29) is 0 Å². The van der Waals surface area contributed by atoms with Crippen LogP contribution in [-0.2, 0) is 0 Å². The monoisotopic (exact) mass is 362 g/mol. The van der Waals surface area contributed by atoms with Gasteiger partial charge in [0, 0.05) is 28.9 Å². The Kier molecular flexibility index (Phi) is 4.07. The number of aromatic nitrogens is 4. The summed E-state index contributed by atoms with van der Waals surface area (Å²) in [5.41, 5.74) is 3.36. The van der Waals surface area contributed by atoms with E-state index in [2.05, 4.69) is 87.3 Å². The molecule has 0 radical (unpaired) electrons. The number of rotatable bonds is 1. The molecule has 0 fully saturated rings. The Morgan fingerprint density at radius 3 is 1.96 bits per heavy atom. The standard InChI is InChI=1S/C21H14N2.C3H4N2/c1-2-8-15(9-3-1)23-14-22-20-18-12-6-4-10-16(18)17-11-5-7-13-19(17)21(20)23;1-2-5-3-4-1/h1-14H;1-3H,(H,4,5). The van der Waals surface area contributed by atoms with Crippen molar-refractivity contribution in [3.63, 3.8) is 0 Å². The Morgan fingerprint density at radius 1 is 0.679 bits per heavy atom. The molecule has 4 nitrogen and oxygen atoms in total. The minimum Gasteiger partial charge on any atom is -0.351 e. The summed E-state index contributed by atoms with van der Waals surface area (Å²) in [5, 5.41) is 4.97. The summed E-state index contributed by atoms with van der Waals surface area (Å²) in [6.07, 6.45) is 7.01. The minimum absolute atomic E-state index is 1.06. The van der Waals surface area contributed by atoms with Crippen LogP contribution in [0.1, 0.15) is 0 Å². The zero-order valence-electron chi connectivity index (χ0n) is 15.2. The third-order valence-electron chi connectivity index (χ3n) is 4.86. The number of H-pyrrole nitrogens is 1. The largest absolute Gasteiger partial charge is 0.351 e. The highest BCUT2D eigenvalue weighted by Crippen LogP contribution is 2.35. The van der Waals surface area contributed by atoms with Crippen molar-refractivity contribution in [1.82, 2.24) is 19.5 Å². The fraction of sp³-hybridized carbons (Fsp3) is 0. The van der Waals surface area contributed by atoms with Gasteiger partial charge < -0.3 is 4.98 Å². The molecule has 0 unspecified atom stereocenters. The van der Waals surface area contributed by atoms with Gasteiger partial charge in [-0.25, -0.2) is 9.97 Å². The Hall–Kier alpha value is -3.92. The molecule has 0 aliphatic carbocycles. The molecular formula is C24H18N4. The van der Waals surface area contributed by atoms with Crippen LogP contribution < -0.4 is 0 Å². The molecule has 0 amide bonds. The van der Waals surface area contributed by atoms with Crippen molar-refractivity contribution in [1.29, 1.82) is 0 Å². The van der Waals surface area contributed by atoms with E-state index in [0.717, 1.165) is 11.2 Å². The van der Waals surface area contributed by atoms with Crippen molar-refractivity contribution < 1.29 is 0 Å². The maximum Gasteiger partial charge on any atom is 0.100 e. The highest BCUT2D eigenvalue weighted by molar-refractivity contribution is 6.23. The molecule has 0 bridgehead atoms. The summed E-state index contributed by atoms with van der Waals surface area (Å²) in [4.78, 5) is 11.2. The quantitative estimate of drug-likeness (QED) is 0.379. The van der Waals surface area contributed by atoms with Gasteiger partial charge in [0.05, 0.1) is 17.4 Å². The lowest BCUT2D eigenvalue weighted by molar-refractivity contribution is 1.10. The Morgan fingerprint density at radius 2 is 1.32 bits per heavy atom. The van der Waals surface area contributed by atoms with Crippen LogP contribution in [0.15, 0.2) is 104 Å². The van der Waals surface area contributed by atoms with Crippen molar-refractivity contribution in [2.45, 2.75) is 0 Å². The van der Waals surface area contributed by atoms with Gasteiger partial charge in [-0.1, -0.05) is 66.7 Å². The van der Waals surface area contributed by atoms with Gasteiger partial charge in [0.2, 0.25) is 0 Å². The first-order valence-corrected chi connectivity index (χ1v) is 9.18. The maximum absolute atomic E-state index is 4.74. The number of imidazole rings is 2. The van der Waals surface area contributed by atoms with E-state index in [0.29, 0.717) is 0 Å². The molecule has 2 heterocycles. The van der Waals surface area contributed by atoms with Crippen molar-refractivity contribution in [2.75, 3.05) is 0 Å². The SMILES string of the molecule is c1c[nH]cn1.c1ccc(-n2cnc3c4ccccc4c4ccccc4c32)cc1. The summed E-state index contributed by atoms with van der Waals surface area (Å²) in [6, 6.07) is 27.5. The Balaban J connectivity index is 0.000000300. The maximum atomic E-state index is 4.74. The average Bonchev–Trinajstić information content (AvgIpc) is 3.48. The van der Waals surface area contributed by atoms with Crippen molar-refractivity contribution in [3.05, 3.63) is 104 Å². The number of fused-ring (bicyclic) bond motifs is 6. The molecule has 4 heteroatoms. The van der Waals surface area contributed by atoms with Crippen molar-refractivity contribution in [3.8, 4) is 5.69 Å². The lowest BCUT2D eigenvalue weighted by atomic mass is 10.00. The molecule has 28 heavy (non-hydrogen) atoms. The fourth-order valence-corrected chi connectivity index (χ4v) is 3.65. The van der Waals surface area contributed by atoms with Gasteiger partial charge >= 0.3 is 0 Å². The van der Waals surface area contributed by atoms with Crippen LogP contribution in [0.25, 0.3) is 38.3 Å². The van der Waals surface area contributed by atoms with Crippen LogP contribution in [0.4, 0.5) is 0 Å². The van der Waals surface area contributed by atoms with E-state index < -0.39 is 0 Å². The highest BCUT2D eigenvalue weighted by Gasteiger charge is 2.13. The smallest absolute Gasteiger partial charge is 0.100 e. The van der Waals surface area contributed by atoms with Gasteiger partial charge in [0.25, 0.3) is 0 Å². The second-order valence-corrected chi connectivity index (χ2v) is 6.50. The third kappa shape index (κ3) is 2.72. The van der Waals surface area contributed by atoms with Gasteiger partial charge in [0.15, 0.2) is 0 Å². The number of benzene rings is 4. The Bertz CT molecular complexity index is 1330. The fourth-order valence-electron chi connectivity index (χ4n) is 3.65. The van der Waals surface area contributed by atoms with Crippen molar-refractivity contribution >= 4 is 32.6 Å². The molecule has 0 saturated carbocycles. The van der Waals surface area contributed by atoms with Gasteiger partial charge in [-0.15, -0.1) is 0 Å². The van der Waals surface area contributed by atoms with E-state index >= 15 is 0 Å². The van der Waals surface area contributed by atoms with E-state index in [1.807, 2.05) is 12.4 Å². The second-order valence-electron chi connectivity index (χ2n) is 6.50. The van der Waals surface area contributed by atoms with Crippen LogP contribution in [0, 0.1) is 0 Å². The van der Waals surface area contributed by atoms with Gasteiger partial charge in [-0.3, -0.25) is 4.57 Å². The summed E-state index contributed by atoms with van der Waals surface area (Å²) in [6.45, 7) is 0. The predicted molar refractivity (Wildman–Crippen MR) is 115 cm³/mol. The number of aromatic amines is 1. The molecule has 0 spiro atoms. The van der Waals surface area contributed by atoms with Crippen molar-refractivity contribution in [2.24, 2.45) is 0 Å². The Labute approximate surface area is 162 Å². The van der Waals surface area contributed by atoms with E-state index in [4.69, 9.17) is 4.98 Å². The zero-order chi connectivity index (χ0) is 18.8. The van der Waals surface area contributed by atoms with Crippen LogP contribution in [-0.4, -0.2) is 19.5 Å². The molecule has 0 aliphatic rings. The first-order chi connectivity index (χ1) is 13.9. The molecule has 6 rings (SSSR count). The normalized spacial score (nSPS) is 10.9. The molecule has 2 aromatic heterocycles. The van der Waals surface area contributed by atoms with Crippen LogP contribution in [0.2, 0.25) is 0 Å². The second kappa shape index (κ2) is 7.00. The van der Waals surface area contributed by atoms with Crippen LogP contribution in [0.5, 0.6) is 0 Å². The number of nitrogens with zero attached hydrogens (tertiary/aromatic N) is 3. The van der Waals surface area contributed by atoms with E-state index in [1.165, 1.54) is 27.1 Å². The summed E-state index contributed by atoms with van der Waals surface area (Å²) >= 11 is 0. The molecule has 4 aromatic carbocycles. The van der Waals surface area contributed by atoms with E-state index in [1.54, 1.807) is 18.7 Å². The number of hydrogen-bond acceptors (Lipinski definition) is 2. The van der Waals surface area contributed by atoms with Crippen LogP contribution in [0.3, 0.4) is 0 Å². The third-order valence-corrected chi connectivity index (χ3v) is 4.86. The number of para-hydroxylation sites is 1. The first-order valence-electron chi connectivity index (χ1n) is 9.18. The molecule has 0 aliphatic heterocycles. The average molecular weight is 362 g/mol. The topological polar surface area (TPSA) is 46.5 Å². The minimum atomic E-state index is 1.06. The van der Waals surface area contributed by atoms with Gasteiger partial charge in [-0.05, 0) is 22.9 Å². The first kappa shape index (κ1) is 16.3. The molecule has 0 saturated heterocycles. The summed E-state index contributed by atoms with van der Waals surface area (Å²) < 4.78 is 2.18. The lowest BCUT2D eigenvalue weighted by Crippen LogP contribution is -1.92. The molecule has 0 atom stereocenters. The summed E-state index contributed by atoms with van der Waals surface area (Å²) in [7, 11) is 0. The molecule has 134 valence electrons.